The number of anilines is 1. The van der Waals surface area contributed by atoms with Crippen molar-refractivity contribution in [3.8, 4) is 11.5 Å². The molecule has 0 aromatic heterocycles. The van der Waals surface area contributed by atoms with E-state index in [1.54, 1.807) is 0 Å². The number of hydrogen-bond acceptors (Lipinski definition) is 3. The fourth-order valence-electron chi connectivity index (χ4n) is 0.646. The molecular weight excluding hydrogens is 130 g/mol. The summed E-state index contributed by atoms with van der Waals surface area (Å²) in [5.41, 5.74) is 5.71. The Kier molecular flexibility index (Phi) is 1.67. The molecule has 0 bridgehead atoms. The van der Waals surface area contributed by atoms with Gasteiger partial charge in [0.1, 0.15) is 0 Å². The van der Waals surface area contributed by atoms with Crippen LogP contribution in [-0.2, 0) is 0 Å². The van der Waals surface area contributed by atoms with Crippen LogP contribution in [0.2, 0.25) is 0 Å². The maximum absolute atomic E-state index is 9.07. The lowest BCUT2D eigenvalue weighted by atomic mass is 10.3. The second-order valence-electron chi connectivity index (χ2n) is 1.84. The van der Waals surface area contributed by atoms with Crippen LogP contribution in [0.1, 0.15) is 0 Å². The van der Waals surface area contributed by atoms with E-state index in [1.807, 2.05) is 0 Å². The number of nitrogens with two attached hydrogens (primary N) is 1. The standard InChI is InChI=1S/C7H8NO2/c1-10-7-3-2-5(8)4-6(7)9/h3-4,9H,8H2,1H3. The SMILES string of the molecule is COc1c[c]c(N)cc1O. The highest BCUT2D eigenvalue weighted by atomic mass is 16.5. The lowest BCUT2D eigenvalue weighted by Gasteiger charge is -2.01. The molecule has 0 fully saturated rings. The first-order valence-electron chi connectivity index (χ1n) is 2.78. The van der Waals surface area contributed by atoms with Crippen molar-refractivity contribution in [2.45, 2.75) is 0 Å². The molecule has 0 saturated heterocycles. The summed E-state index contributed by atoms with van der Waals surface area (Å²) in [6.07, 6.45) is 0. The van der Waals surface area contributed by atoms with Crippen LogP contribution in [0.3, 0.4) is 0 Å². The van der Waals surface area contributed by atoms with Gasteiger partial charge in [0.25, 0.3) is 0 Å². The first kappa shape index (κ1) is 6.74. The van der Waals surface area contributed by atoms with Gasteiger partial charge in [-0.05, 0) is 6.07 Å². The maximum Gasteiger partial charge on any atom is 0.161 e. The van der Waals surface area contributed by atoms with Gasteiger partial charge in [-0.3, -0.25) is 0 Å². The van der Waals surface area contributed by atoms with Crippen molar-refractivity contribution < 1.29 is 9.84 Å². The van der Waals surface area contributed by atoms with Gasteiger partial charge in [-0.2, -0.15) is 0 Å². The molecule has 0 spiro atoms. The second kappa shape index (κ2) is 2.47. The number of phenolic OH excluding ortho intramolecular Hbond substituents is 1. The third kappa shape index (κ3) is 1.13. The number of methoxy groups -OCH3 is 1. The minimum absolute atomic E-state index is 0.0405. The number of aromatic hydroxyl groups is 1. The Balaban J connectivity index is 3.07. The highest BCUT2D eigenvalue weighted by molar-refractivity contribution is 5.50. The number of nitrogen functional groups attached to an aromatic ring is 1. The van der Waals surface area contributed by atoms with E-state index in [0.717, 1.165) is 0 Å². The number of phenols is 1. The smallest absolute Gasteiger partial charge is 0.161 e. The van der Waals surface area contributed by atoms with Gasteiger partial charge < -0.3 is 15.6 Å². The Labute approximate surface area is 59.0 Å². The summed E-state index contributed by atoms with van der Waals surface area (Å²) in [7, 11) is 1.47. The summed E-state index contributed by atoms with van der Waals surface area (Å²) in [6, 6.07) is 5.56. The number of benzene rings is 1. The third-order valence-electron chi connectivity index (χ3n) is 1.13. The Morgan fingerprint density at radius 2 is 2.40 bits per heavy atom. The van der Waals surface area contributed by atoms with E-state index < -0.39 is 0 Å². The van der Waals surface area contributed by atoms with Crippen LogP contribution in [0, 0.1) is 6.07 Å². The van der Waals surface area contributed by atoms with Crippen molar-refractivity contribution in [3.05, 3.63) is 18.2 Å². The van der Waals surface area contributed by atoms with E-state index in [9.17, 15) is 0 Å². The van der Waals surface area contributed by atoms with Gasteiger partial charge in [-0.1, -0.05) is 0 Å². The Morgan fingerprint density at radius 1 is 1.70 bits per heavy atom. The zero-order chi connectivity index (χ0) is 7.56. The molecule has 53 valence electrons. The molecule has 0 unspecified atom stereocenters. The van der Waals surface area contributed by atoms with Crippen LogP contribution in [0.15, 0.2) is 12.1 Å². The first-order chi connectivity index (χ1) is 4.74. The molecule has 1 radical (unpaired) electrons. The van der Waals surface area contributed by atoms with E-state index in [2.05, 4.69) is 6.07 Å². The van der Waals surface area contributed by atoms with Crippen LogP contribution in [-0.4, -0.2) is 12.2 Å². The molecule has 1 aromatic carbocycles. The predicted octanol–water partition coefficient (Wildman–Crippen LogP) is 0.783. The molecule has 0 atom stereocenters. The molecule has 0 heterocycles. The molecule has 0 saturated carbocycles. The Morgan fingerprint density at radius 3 is 2.90 bits per heavy atom. The number of rotatable bonds is 1. The molecule has 3 nitrogen and oxygen atoms in total. The number of hydrogen-bond donors (Lipinski definition) is 2. The van der Waals surface area contributed by atoms with Crippen LogP contribution in [0.25, 0.3) is 0 Å². The normalized spacial score (nSPS) is 9.30. The molecule has 1 aromatic rings. The van der Waals surface area contributed by atoms with E-state index in [0.29, 0.717) is 11.4 Å². The topological polar surface area (TPSA) is 55.5 Å². The zero-order valence-corrected chi connectivity index (χ0v) is 5.59. The number of ether oxygens (including phenoxy) is 1. The summed E-state index contributed by atoms with van der Waals surface area (Å²) in [6.45, 7) is 0. The van der Waals surface area contributed by atoms with Gasteiger partial charge in [0, 0.05) is 17.8 Å². The van der Waals surface area contributed by atoms with Crippen molar-refractivity contribution in [2.75, 3.05) is 12.8 Å². The van der Waals surface area contributed by atoms with Crippen LogP contribution in [0.4, 0.5) is 5.69 Å². The molecular formula is C7H8NO2. The fraction of sp³-hybridized carbons (Fsp3) is 0.143. The van der Waals surface area contributed by atoms with Gasteiger partial charge in [-0.15, -0.1) is 0 Å². The van der Waals surface area contributed by atoms with Crippen molar-refractivity contribution in [1.29, 1.82) is 0 Å². The highest BCUT2D eigenvalue weighted by Crippen LogP contribution is 2.26. The lowest BCUT2D eigenvalue weighted by Crippen LogP contribution is -1.87. The van der Waals surface area contributed by atoms with E-state index in [1.165, 1.54) is 19.2 Å². The quantitative estimate of drug-likeness (QED) is 0.564. The summed E-state index contributed by atoms with van der Waals surface area (Å²) >= 11 is 0. The van der Waals surface area contributed by atoms with Crippen molar-refractivity contribution in [3.63, 3.8) is 0 Å². The summed E-state index contributed by atoms with van der Waals surface area (Å²) < 4.78 is 4.76. The lowest BCUT2D eigenvalue weighted by molar-refractivity contribution is 0.373. The van der Waals surface area contributed by atoms with Gasteiger partial charge in [0.05, 0.1) is 7.11 Å². The Hall–Kier alpha value is -1.38. The van der Waals surface area contributed by atoms with Crippen LogP contribution in [0.5, 0.6) is 11.5 Å². The van der Waals surface area contributed by atoms with E-state index in [4.69, 9.17) is 15.6 Å². The van der Waals surface area contributed by atoms with Crippen molar-refractivity contribution >= 4 is 5.69 Å². The Bertz CT molecular complexity index is 235. The minimum Gasteiger partial charge on any atom is -0.504 e. The molecule has 0 amide bonds. The zero-order valence-electron chi connectivity index (χ0n) is 5.59. The molecule has 0 aliphatic heterocycles. The highest BCUT2D eigenvalue weighted by Gasteiger charge is 1.98. The van der Waals surface area contributed by atoms with Gasteiger partial charge in [0.15, 0.2) is 11.5 Å². The first-order valence-corrected chi connectivity index (χ1v) is 2.78. The maximum atomic E-state index is 9.07. The van der Waals surface area contributed by atoms with Crippen LogP contribution < -0.4 is 10.5 Å². The average molecular weight is 138 g/mol. The molecule has 1 rings (SSSR count). The molecule has 3 heteroatoms. The van der Waals surface area contributed by atoms with Gasteiger partial charge in [-0.25, -0.2) is 0 Å². The average Bonchev–Trinajstić information content (AvgIpc) is 1.88. The summed E-state index contributed by atoms with van der Waals surface area (Å²) in [4.78, 5) is 0. The van der Waals surface area contributed by atoms with Crippen molar-refractivity contribution in [1.82, 2.24) is 0 Å². The molecule has 10 heavy (non-hydrogen) atoms. The monoisotopic (exact) mass is 138 g/mol. The van der Waals surface area contributed by atoms with E-state index in [-0.39, 0.29) is 5.75 Å². The van der Waals surface area contributed by atoms with Gasteiger partial charge in [0.2, 0.25) is 0 Å². The molecule has 3 N–H and O–H groups in total. The molecule has 0 aliphatic rings. The van der Waals surface area contributed by atoms with Crippen LogP contribution >= 0.6 is 0 Å². The fourth-order valence-corrected chi connectivity index (χ4v) is 0.646. The third-order valence-corrected chi connectivity index (χ3v) is 1.13. The predicted molar refractivity (Wildman–Crippen MR) is 37.9 cm³/mol. The van der Waals surface area contributed by atoms with Gasteiger partial charge >= 0.3 is 0 Å². The second-order valence-corrected chi connectivity index (χ2v) is 1.84. The molecule has 0 aliphatic carbocycles. The summed E-state index contributed by atoms with van der Waals surface area (Å²) in [5, 5.41) is 9.07. The largest absolute Gasteiger partial charge is 0.504 e. The minimum atomic E-state index is 0.0405. The van der Waals surface area contributed by atoms with Crippen molar-refractivity contribution in [2.24, 2.45) is 0 Å². The summed E-state index contributed by atoms with van der Waals surface area (Å²) in [5.74, 6) is 0.424. The van der Waals surface area contributed by atoms with E-state index >= 15 is 0 Å².